The third-order valence-corrected chi connectivity index (χ3v) is 7.43. The molecule has 0 bridgehead atoms. The van der Waals surface area contributed by atoms with Crippen LogP contribution < -0.4 is 47.6 Å². The Kier molecular flexibility index (Phi) is 12.8. The van der Waals surface area contributed by atoms with Gasteiger partial charge in [-0.25, -0.2) is 0 Å². The van der Waals surface area contributed by atoms with Crippen LogP contribution >= 0.6 is 0 Å². The molecule has 0 aromatic heterocycles. The van der Waals surface area contributed by atoms with Crippen LogP contribution in [-0.2, 0) is 21.7 Å². The Hall–Kier alpha value is -0.539. The Bertz CT molecular complexity index is 900. The molecule has 1 aliphatic rings. The first-order chi connectivity index (χ1) is 12.3. The van der Waals surface area contributed by atoms with Gasteiger partial charge in [0.05, 0.1) is 9.52 Å². The van der Waals surface area contributed by atoms with Gasteiger partial charge in [0, 0.05) is 0 Å². The molecule has 1 unspecified atom stereocenters. The number of hydrogen-bond donors (Lipinski definition) is 0. The third-order valence-electron chi connectivity index (χ3n) is 5.46. The molecule has 0 nitrogen and oxygen atoms in total. The molecule has 5 heteroatoms. The number of halogens is 3. The van der Waals surface area contributed by atoms with E-state index < -0.39 is 9.52 Å². The summed E-state index contributed by atoms with van der Waals surface area (Å²) in [5.74, 6) is 0.537. The van der Waals surface area contributed by atoms with E-state index in [2.05, 4.69) is 80.6 Å². The number of fused-ring (bicyclic) bond motifs is 3. The van der Waals surface area contributed by atoms with Crippen LogP contribution in [0.3, 0.4) is 0 Å². The summed E-state index contributed by atoms with van der Waals surface area (Å²) in [6.45, 7) is 4.55. The zero-order valence-corrected chi connectivity index (χ0v) is 22.1. The van der Waals surface area contributed by atoms with Crippen molar-refractivity contribution in [2.45, 2.75) is 39.0 Å². The van der Waals surface area contributed by atoms with E-state index in [0.29, 0.717) is 5.92 Å². The average molecular weight is 496 g/mol. The molecule has 0 aliphatic heterocycles. The van der Waals surface area contributed by atoms with Gasteiger partial charge in [-0.2, -0.15) is 22.9 Å². The quantitative estimate of drug-likeness (QED) is 0.246. The summed E-state index contributed by atoms with van der Waals surface area (Å²) in [4.78, 5) is 0. The SMILES string of the molecule is CCCCC1c2[c-]c([SiH2]c3ccccc3)c(C)cc2-c2ccccc21.[Cl-].[Cl-].[Cl-].[Ti+4]. The molecular weight excluding hydrogens is 471 g/mol. The van der Waals surface area contributed by atoms with Crippen LogP contribution in [0.5, 0.6) is 0 Å². The van der Waals surface area contributed by atoms with E-state index in [0.717, 1.165) is 0 Å². The topological polar surface area (TPSA) is 0 Å². The molecule has 150 valence electrons. The average Bonchev–Trinajstić information content (AvgIpc) is 2.94. The number of rotatable bonds is 5. The number of aryl methyl sites for hydroxylation is 1. The van der Waals surface area contributed by atoms with Gasteiger partial charge in [-0.05, 0) is 17.9 Å². The van der Waals surface area contributed by atoms with Crippen molar-refractivity contribution in [3.8, 4) is 11.1 Å². The zero-order chi connectivity index (χ0) is 17.2. The maximum Gasteiger partial charge on any atom is 4.00 e. The molecule has 0 heterocycles. The summed E-state index contributed by atoms with van der Waals surface area (Å²) < 4.78 is 0. The van der Waals surface area contributed by atoms with Crippen molar-refractivity contribution < 1.29 is 58.9 Å². The van der Waals surface area contributed by atoms with Gasteiger partial charge in [-0.1, -0.05) is 92.0 Å². The molecule has 0 fully saturated rings. The molecule has 0 amide bonds. The third kappa shape index (κ3) is 6.00. The maximum absolute atomic E-state index is 3.91. The van der Waals surface area contributed by atoms with Crippen molar-refractivity contribution in [1.29, 1.82) is 0 Å². The number of benzene rings is 3. The smallest absolute Gasteiger partial charge is 1.00 e. The standard InChI is InChI=1S/C24H25Si.3ClH.Ti/c1-3-4-12-20-19-13-8-9-14-21(19)22-15-17(2)24(16-23(20)22)25-18-10-6-5-7-11-18;;;;/h5-11,13-15,20H,3-4,12,25H2,1-2H3;3*1H;/q-1;;;;+4/p-3. The van der Waals surface area contributed by atoms with Crippen LogP contribution in [-0.4, -0.2) is 9.52 Å². The minimum absolute atomic E-state index is 0. The van der Waals surface area contributed by atoms with Gasteiger partial charge in [-0.3, -0.25) is 0 Å². The molecular formula is C24H25Cl3SiTi. The van der Waals surface area contributed by atoms with E-state index in [4.69, 9.17) is 0 Å². The molecule has 1 aliphatic carbocycles. The van der Waals surface area contributed by atoms with Gasteiger partial charge in [0.15, 0.2) is 0 Å². The molecule has 3 aromatic carbocycles. The van der Waals surface area contributed by atoms with Gasteiger partial charge in [0.25, 0.3) is 0 Å². The van der Waals surface area contributed by atoms with E-state index in [9.17, 15) is 0 Å². The van der Waals surface area contributed by atoms with Crippen molar-refractivity contribution in [3.05, 3.63) is 83.4 Å². The van der Waals surface area contributed by atoms with Crippen LogP contribution in [0.25, 0.3) is 11.1 Å². The van der Waals surface area contributed by atoms with Crippen LogP contribution in [0.15, 0.2) is 60.7 Å². The molecule has 0 saturated carbocycles. The van der Waals surface area contributed by atoms with Gasteiger partial charge in [0.1, 0.15) is 0 Å². The molecule has 0 radical (unpaired) electrons. The molecule has 4 rings (SSSR count). The molecule has 3 aromatic rings. The predicted octanol–water partition coefficient (Wildman–Crippen LogP) is -4.77. The summed E-state index contributed by atoms with van der Waals surface area (Å²) in [6.07, 6.45) is 3.78. The fraction of sp³-hybridized carbons (Fsp3) is 0.250. The molecule has 0 saturated heterocycles. The summed E-state index contributed by atoms with van der Waals surface area (Å²) in [6, 6.07) is 26.3. The van der Waals surface area contributed by atoms with E-state index in [1.54, 1.807) is 0 Å². The van der Waals surface area contributed by atoms with E-state index in [-0.39, 0.29) is 58.9 Å². The van der Waals surface area contributed by atoms with Crippen molar-refractivity contribution in [2.24, 2.45) is 0 Å². The number of hydrogen-bond acceptors (Lipinski definition) is 0. The fourth-order valence-corrected chi connectivity index (χ4v) is 5.68. The van der Waals surface area contributed by atoms with Crippen LogP contribution in [0, 0.1) is 13.0 Å². The Balaban J connectivity index is 0.00000196. The fourth-order valence-electron chi connectivity index (χ4n) is 4.10. The second-order valence-electron chi connectivity index (χ2n) is 7.20. The Labute approximate surface area is 211 Å². The Morgan fingerprint density at radius 2 is 1.55 bits per heavy atom. The second kappa shape index (κ2) is 13.0. The first-order valence-electron chi connectivity index (χ1n) is 9.47. The van der Waals surface area contributed by atoms with Crippen LogP contribution in [0.4, 0.5) is 0 Å². The normalized spacial score (nSPS) is 13.4. The molecule has 29 heavy (non-hydrogen) atoms. The van der Waals surface area contributed by atoms with Gasteiger partial charge in [0.2, 0.25) is 0 Å². The Morgan fingerprint density at radius 3 is 2.24 bits per heavy atom. The van der Waals surface area contributed by atoms with E-state index in [1.165, 1.54) is 57.5 Å². The second-order valence-corrected chi connectivity index (χ2v) is 9.08. The molecule has 0 N–H and O–H groups in total. The molecule has 1 atom stereocenters. The maximum atomic E-state index is 3.91. The van der Waals surface area contributed by atoms with Gasteiger partial charge < -0.3 is 37.2 Å². The number of unbranched alkanes of at least 4 members (excludes halogenated alkanes) is 1. The first kappa shape index (κ1) is 28.5. The minimum Gasteiger partial charge on any atom is -1.00 e. The summed E-state index contributed by atoms with van der Waals surface area (Å²) in [5, 5.41) is 2.99. The summed E-state index contributed by atoms with van der Waals surface area (Å²) in [7, 11) is -0.465. The summed E-state index contributed by atoms with van der Waals surface area (Å²) >= 11 is 0. The van der Waals surface area contributed by atoms with Crippen molar-refractivity contribution in [1.82, 2.24) is 0 Å². The van der Waals surface area contributed by atoms with E-state index in [1.807, 2.05) is 0 Å². The van der Waals surface area contributed by atoms with Crippen LogP contribution in [0.1, 0.15) is 48.8 Å². The van der Waals surface area contributed by atoms with Gasteiger partial charge in [-0.15, -0.1) is 11.1 Å². The first-order valence-corrected chi connectivity index (χ1v) is 10.9. The van der Waals surface area contributed by atoms with Crippen molar-refractivity contribution in [3.63, 3.8) is 0 Å². The molecule has 0 spiro atoms. The summed E-state index contributed by atoms with van der Waals surface area (Å²) in [5.41, 5.74) is 7.25. The van der Waals surface area contributed by atoms with Crippen molar-refractivity contribution in [2.75, 3.05) is 0 Å². The Morgan fingerprint density at radius 1 is 0.897 bits per heavy atom. The van der Waals surface area contributed by atoms with Crippen LogP contribution in [0.2, 0.25) is 0 Å². The van der Waals surface area contributed by atoms with E-state index >= 15 is 0 Å². The predicted molar refractivity (Wildman–Crippen MR) is 111 cm³/mol. The largest absolute Gasteiger partial charge is 4.00 e. The monoisotopic (exact) mass is 494 g/mol. The van der Waals surface area contributed by atoms with Gasteiger partial charge >= 0.3 is 21.7 Å². The zero-order valence-electron chi connectivity index (χ0n) is 16.8. The van der Waals surface area contributed by atoms with Crippen molar-refractivity contribution >= 4 is 19.9 Å². The minimum atomic E-state index is -0.465.